The maximum absolute atomic E-state index is 11.9. The molecule has 0 N–H and O–H groups in total. The number of hydrogen-bond acceptors (Lipinski definition) is 3. The van der Waals surface area contributed by atoms with Crippen molar-refractivity contribution < 1.29 is 4.79 Å². The molecule has 0 aliphatic carbocycles. The maximum Gasteiger partial charge on any atom is 0.181 e. The van der Waals surface area contributed by atoms with Crippen molar-refractivity contribution in [2.45, 2.75) is 19.3 Å². The Morgan fingerprint density at radius 2 is 2.33 bits per heavy atom. The van der Waals surface area contributed by atoms with Crippen LogP contribution < -0.4 is 0 Å². The summed E-state index contributed by atoms with van der Waals surface area (Å²) in [5.41, 5.74) is 0.744. The van der Waals surface area contributed by atoms with E-state index in [1.54, 1.807) is 16.9 Å². The van der Waals surface area contributed by atoms with E-state index in [1.165, 1.54) is 24.3 Å². The van der Waals surface area contributed by atoms with Gasteiger partial charge in [0.1, 0.15) is 5.69 Å². The van der Waals surface area contributed by atoms with Crippen LogP contribution in [-0.4, -0.2) is 27.1 Å². The molecule has 4 heteroatoms. The third-order valence-corrected chi connectivity index (χ3v) is 3.97. The van der Waals surface area contributed by atoms with Gasteiger partial charge in [0.15, 0.2) is 5.78 Å². The zero-order valence-electron chi connectivity index (χ0n) is 8.98. The molecule has 0 spiro atoms. The lowest BCUT2D eigenvalue weighted by molar-refractivity contribution is 0.0949. The van der Waals surface area contributed by atoms with Crippen LogP contribution in [0.4, 0.5) is 0 Å². The number of aryl methyl sites for hydroxylation is 1. The van der Waals surface area contributed by atoms with Gasteiger partial charge in [0, 0.05) is 19.7 Å². The van der Waals surface area contributed by atoms with E-state index in [0.717, 1.165) is 5.69 Å². The van der Waals surface area contributed by atoms with Crippen LogP contribution >= 0.6 is 11.8 Å². The van der Waals surface area contributed by atoms with Gasteiger partial charge in [-0.3, -0.25) is 9.48 Å². The van der Waals surface area contributed by atoms with Gasteiger partial charge in [-0.25, -0.2) is 0 Å². The van der Waals surface area contributed by atoms with Crippen molar-refractivity contribution in [3.63, 3.8) is 0 Å². The molecular formula is C11H16N2OS. The van der Waals surface area contributed by atoms with E-state index in [0.29, 0.717) is 12.3 Å². The molecule has 15 heavy (non-hydrogen) atoms. The van der Waals surface area contributed by atoms with Crippen molar-refractivity contribution in [2.75, 3.05) is 11.5 Å². The van der Waals surface area contributed by atoms with Crippen LogP contribution in [0, 0.1) is 5.92 Å². The number of thioether (sulfide) groups is 1. The summed E-state index contributed by atoms with van der Waals surface area (Å²) in [7, 11) is 1.82. The maximum atomic E-state index is 11.9. The molecule has 0 bridgehead atoms. The van der Waals surface area contributed by atoms with Crippen molar-refractivity contribution >= 4 is 17.5 Å². The molecule has 0 radical (unpaired) electrons. The zero-order chi connectivity index (χ0) is 10.7. The lowest BCUT2D eigenvalue weighted by atomic mass is 9.95. The van der Waals surface area contributed by atoms with Gasteiger partial charge >= 0.3 is 0 Å². The van der Waals surface area contributed by atoms with Gasteiger partial charge < -0.3 is 0 Å². The molecule has 1 fully saturated rings. The summed E-state index contributed by atoms with van der Waals surface area (Å²) in [6.45, 7) is 0. The number of rotatable bonds is 3. The minimum Gasteiger partial charge on any atom is -0.292 e. The van der Waals surface area contributed by atoms with Gasteiger partial charge in [-0.05, 0) is 36.3 Å². The fraction of sp³-hybridized carbons (Fsp3) is 0.636. The molecule has 0 atom stereocenters. The lowest BCUT2D eigenvalue weighted by Crippen LogP contribution is -2.16. The molecule has 3 nitrogen and oxygen atoms in total. The van der Waals surface area contributed by atoms with Crippen LogP contribution in [0.5, 0.6) is 0 Å². The van der Waals surface area contributed by atoms with Gasteiger partial charge in [0.05, 0.1) is 0 Å². The van der Waals surface area contributed by atoms with Crippen LogP contribution in [0.15, 0.2) is 12.3 Å². The Balaban J connectivity index is 1.94. The third kappa shape index (κ3) is 2.62. The highest BCUT2D eigenvalue weighted by Crippen LogP contribution is 2.26. The van der Waals surface area contributed by atoms with Gasteiger partial charge in [0.25, 0.3) is 0 Å². The summed E-state index contributed by atoms with van der Waals surface area (Å²) in [6, 6.07) is 1.81. The minimum absolute atomic E-state index is 0.243. The van der Waals surface area contributed by atoms with Gasteiger partial charge in [-0.2, -0.15) is 16.9 Å². The molecule has 0 aromatic carbocycles. The Kier molecular flexibility index (Phi) is 3.46. The van der Waals surface area contributed by atoms with Gasteiger partial charge in [0.2, 0.25) is 0 Å². The second-order valence-corrected chi connectivity index (χ2v) is 5.25. The predicted molar refractivity (Wildman–Crippen MR) is 62.2 cm³/mol. The van der Waals surface area contributed by atoms with E-state index in [4.69, 9.17) is 0 Å². The monoisotopic (exact) mass is 224 g/mol. The second-order valence-electron chi connectivity index (χ2n) is 4.02. The summed E-state index contributed by atoms with van der Waals surface area (Å²) < 4.78 is 1.67. The van der Waals surface area contributed by atoms with Crippen LogP contribution in [0.1, 0.15) is 29.8 Å². The molecule has 1 aliphatic heterocycles. The highest BCUT2D eigenvalue weighted by molar-refractivity contribution is 7.99. The standard InChI is InChI=1S/C11H16N2OS/c1-13-10(2-5-12-13)11(14)8-9-3-6-15-7-4-9/h2,5,9H,3-4,6-8H2,1H3. The zero-order valence-corrected chi connectivity index (χ0v) is 9.80. The van der Waals surface area contributed by atoms with Gasteiger partial charge in [-0.1, -0.05) is 0 Å². The Hall–Kier alpha value is -0.770. The molecule has 1 aliphatic rings. The number of nitrogens with zero attached hydrogens (tertiary/aromatic N) is 2. The molecule has 1 aromatic heterocycles. The molecule has 1 aromatic rings. The Bertz CT molecular complexity index is 342. The fourth-order valence-electron chi connectivity index (χ4n) is 1.96. The normalized spacial score (nSPS) is 17.9. The van der Waals surface area contributed by atoms with Crippen molar-refractivity contribution in [3.8, 4) is 0 Å². The molecule has 2 heterocycles. The van der Waals surface area contributed by atoms with E-state index in [1.807, 2.05) is 18.8 Å². The highest BCUT2D eigenvalue weighted by Gasteiger charge is 2.19. The van der Waals surface area contributed by atoms with E-state index in [9.17, 15) is 4.79 Å². The predicted octanol–water partition coefficient (Wildman–Crippen LogP) is 2.14. The summed E-state index contributed by atoms with van der Waals surface area (Å²) in [5, 5.41) is 4.02. The van der Waals surface area contributed by atoms with E-state index in [-0.39, 0.29) is 5.78 Å². The number of carbonyl (C=O) groups is 1. The molecule has 0 saturated carbocycles. The number of Topliss-reactive ketones (excluding diaryl/α,β-unsaturated/α-hetero) is 1. The SMILES string of the molecule is Cn1nccc1C(=O)CC1CCSCC1. The Morgan fingerprint density at radius 1 is 1.60 bits per heavy atom. The van der Waals surface area contributed by atoms with Crippen LogP contribution in [0.25, 0.3) is 0 Å². The topological polar surface area (TPSA) is 34.9 Å². The average Bonchev–Trinajstić information content (AvgIpc) is 2.66. The third-order valence-electron chi connectivity index (χ3n) is 2.92. The molecule has 82 valence electrons. The van der Waals surface area contributed by atoms with Crippen molar-refractivity contribution in [3.05, 3.63) is 18.0 Å². The van der Waals surface area contributed by atoms with Crippen LogP contribution in [0.3, 0.4) is 0 Å². The largest absolute Gasteiger partial charge is 0.292 e. The molecule has 1 saturated heterocycles. The summed E-state index contributed by atoms with van der Waals surface area (Å²) >= 11 is 2.00. The first-order valence-electron chi connectivity index (χ1n) is 5.36. The number of ketones is 1. The fourth-order valence-corrected chi connectivity index (χ4v) is 3.17. The second kappa shape index (κ2) is 4.84. The number of aromatic nitrogens is 2. The Morgan fingerprint density at radius 3 is 2.93 bits per heavy atom. The molecule has 0 unspecified atom stereocenters. The van der Waals surface area contributed by atoms with E-state index >= 15 is 0 Å². The summed E-state index contributed by atoms with van der Waals surface area (Å²) in [5.74, 6) is 3.26. The van der Waals surface area contributed by atoms with E-state index < -0.39 is 0 Å². The molecule has 2 rings (SSSR count). The quantitative estimate of drug-likeness (QED) is 0.738. The Labute approximate surface area is 94.2 Å². The van der Waals surface area contributed by atoms with Crippen molar-refractivity contribution in [2.24, 2.45) is 13.0 Å². The number of hydrogen-bond donors (Lipinski definition) is 0. The summed E-state index contributed by atoms with van der Waals surface area (Å²) in [6.07, 6.45) is 4.76. The van der Waals surface area contributed by atoms with Crippen molar-refractivity contribution in [1.82, 2.24) is 9.78 Å². The van der Waals surface area contributed by atoms with Crippen LogP contribution in [-0.2, 0) is 7.05 Å². The minimum atomic E-state index is 0.243. The van der Waals surface area contributed by atoms with Crippen molar-refractivity contribution in [1.29, 1.82) is 0 Å². The molecular weight excluding hydrogens is 208 g/mol. The highest BCUT2D eigenvalue weighted by atomic mass is 32.2. The smallest absolute Gasteiger partial charge is 0.181 e. The van der Waals surface area contributed by atoms with Crippen LogP contribution in [0.2, 0.25) is 0 Å². The number of carbonyl (C=O) groups excluding carboxylic acids is 1. The first kappa shape index (κ1) is 10.7. The van der Waals surface area contributed by atoms with E-state index in [2.05, 4.69) is 5.10 Å². The first-order valence-corrected chi connectivity index (χ1v) is 6.52. The lowest BCUT2D eigenvalue weighted by Gasteiger charge is -2.20. The summed E-state index contributed by atoms with van der Waals surface area (Å²) in [4.78, 5) is 11.9. The average molecular weight is 224 g/mol. The molecule has 0 amide bonds. The first-order chi connectivity index (χ1) is 7.27. The van der Waals surface area contributed by atoms with Gasteiger partial charge in [-0.15, -0.1) is 0 Å².